The minimum atomic E-state index is 0.0722. The van der Waals surface area contributed by atoms with Crippen molar-refractivity contribution in [3.05, 3.63) is 40.4 Å². The summed E-state index contributed by atoms with van der Waals surface area (Å²) in [5, 5.41) is 0. The molecule has 0 aromatic heterocycles. The van der Waals surface area contributed by atoms with Gasteiger partial charge in [0.15, 0.2) is 5.78 Å². The van der Waals surface area contributed by atoms with Gasteiger partial charge in [-0.05, 0) is 31.5 Å². The molecular weight excluding hydrogens is 254 g/mol. The maximum absolute atomic E-state index is 11.7. The topological polar surface area (TPSA) is 43.1 Å². The Kier molecular flexibility index (Phi) is 4.09. The number of hydrogen-bond donors (Lipinski definition) is 1. The molecule has 0 fully saturated rings. The van der Waals surface area contributed by atoms with Crippen molar-refractivity contribution < 1.29 is 4.79 Å². The van der Waals surface area contributed by atoms with E-state index in [1.807, 2.05) is 13.0 Å². The summed E-state index contributed by atoms with van der Waals surface area (Å²) in [7, 11) is 0. The molecule has 0 aliphatic rings. The first-order chi connectivity index (χ1) is 7.00. The van der Waals surface area contributed by atoms with Crippen LogP contribution in [0, 0.1) is 0 Å². The molecule has 0 unspecified atom stereocenters. The van der Waals surface area contributed by atoms with Gasteiger partial charge in [-0.2, -0.15) is 0 Å². The fourth-order valence-electron chi connectivity index (χ4n) is 1.25. The van der Waals surface area contributed by atoms with Crippen molar-refractivity contribution in [2.24, 2.45) is 0 Å². The molecule has 0 heterocycles. The Hall–Kier alpha value is -1.09. The van der Waals surface area contributed by atoms with Gasteiger partial charge in [-0.15, -0.1) is 6.58 Å². The average Bonchev–Trinajstić information content (AvgIpc) is 2.14. The van der Waals surface area contributed by atoms with E-state index in [2.05, 4.69) is 22.5 Å². The van der Waals surface area contributed by atoms with Crippen LogP contribution in [0.15, 0.2) is 34.8 Å². The van der Waals surface area contributed by atoms with Gasteiger partial charge in [0, 0.05) is 22.1 Å². The second kappa shape index (κ2) is 5.12. The van der Waals surface area contributed by atoms with Crippen LogP contribution < -0.4 is 5.73 Å². The molecular formula is C12H14BrNO. The minimum Gasteiger partial charge on any atom is -0.398 e. The maximum Gasteiger partial charge on any atom is 0.165 e. The van der Waals surface area contributed by atoms with Crippen molar-refractivity contribution in [3.8, 4) is 0 Å². The predicted octanol–water partition coefficient (Wildman–Crippen LogP) is 3.57. The summed E-state index contributed by atoms with van der Waals surface area (Å²) < 4.78 is 0.886. The van der Waals surface area contributed by atoms with Crippen LogP contribution in [0.3, 0.4) is 0 Å². The number of benzene rings is 1. The lowest BCUT2D eigenvalue weighted by Gasteiger charge is -2.05. The van der Waals surface area contributed by atoms with Gasteiger partial charge in [-0.1, -0.05) is 21.5 Å². The lowest BCUT2D eigenvalue weighted by molar-refractivity contribution is 0.0983. The highest BCUT2D eigenvalue weighted by atomic mass is 79.9. The van der Waals surface area contributed by atoms with Gasteiger partial charge in [-0.25, -0.2) is 0 Å². The fraction of sp³-hybridized carbons (Fsp3) is 0.250. The first kappa shape index (κ1) is 12.0. The van der Waals surface area contributed by atoms with Crippen LogP contribution in [0.1, 0.15) is 30.1 Å². The zero-order valence-electron chi connectivity index (χ0n) is 8.72. The Morgan fingerprint density at radius 2 is 2.13 bits per heavy atom. The second-order valence-electron chi connectivity index (χ2n) is 3.61. The van der Waals surface area contributed by atoms with Gasteiger partial charge in [0.2, 0.25) is 0 Å². The summed E-state index contributed by atoms with van der Waals surface area (Å²) in [5.74, 6) is 0.0722. The third-order valence-electron chi connectivity index (χ3n) is 2.09. The summed E-state index contributed by atoms with van der Waals surface area (Å²) in [6, 6.07) is 5.32. The van der Waals surface area contributed by atoms with Crippen LogP contribution >= 0.6 is 15.9 Å². The van der Waals surface area contributed by atoms with Crippen molar-refractivity contribution in [2.75, 3.05) is 5.73 Å². The SMILES string of the molecule is C=C(C)CCC(=O)c1ccc(Br)cc1N. The van der Waals surface area contributed by atoms with Crippen LogP contribution in [0.2, 0.25) is 0 Å². The number of allylic oxidation sites excluding steroid dienone is 1. The molecule has 2 nitrogen and oxygen atoms in total. The molecule has 2 N–H and O–H groups in total. The van der Waals surface area contributed by atoms with Gasteiger partial charge in [-0.3, -0.25) is 4.79 Å². The van der Waals surface area contributed by atoms with Crippen molar-refractivity contribution in [1.82, 2.24) is 0 Å². The zero-order valence-corrected chi connectivity index (χ0v) is 10.3. The standard InChI is InChI=1S/C12H14BrNO/c1-8(2)3-6-12(15)10-5-4-9(13)7-11(10)14/h4-5,7H,1,3,6,14H2,2H3. The number of anilines is 1. The number of rotatable bonds is 4. The van der Waals surface area contributed by atoms with Gasteiger partial charge in [0.1, 0.15) is 0 Å². The van der Waals surface area contributed by atoms with E-state index in [0.29, 0.717) is 24.1 Å². The Balaban J connectivity index is 2.78. The molecule has 0 bridgehead atoms. The minimum absolute atomic E-state index is 0.0722. The molecule has 1 aromatic carbocycles. The van der Waals surface area contributed by atoms with Crippen LogP contribution in [-0.4, -0.2) is 5.78 Å². The Morgan fingerprint density at radius 3 is 2.67 bits per heavy atom. The number of carbonyl (C=O) groups is 1. The normalized spacial score (nSPS) is 10.0. The van der Waals surface area contributed by atoms with E-state index in [4.69, 9.17) is 5.73 Å². The van der Waals surface area contributed by atoms with E-state index in [0.717, 1.165) is 10.0 Å². The van der Waals surface area contributed by atoms with E-state index in [9.17, 15) is 4.79 Å². The van der Waals surface area contributed by atoms with Gasteiger partial charge >= 0.3 is 0 Å². The summed E-state index contributed by atoms with van der Waals surface area (Å²) in [6.45, 7) is 5.68. The molecule has 0 saturated carbocycles. The monoisotopic (exact) mass is 267 g/mol. The number of nitrogen functional groups attached to an aromatic ring is 1. The molecule has 80 valence electrons. The molecule has 0 saturated heterocycles. The van der Waals surface area contributed by atoms with Crippen molar-refractivity contribution >= 4 is 27.4 Å². The highest BCUT2D eigenvalue weighted by Crippen LogP contribution is 2.20. The van der Waals surface area contributed by atoms with Crippen molar-refractivity contribution in [3.63, 3.8) is 0 Å². The number of Topliss-reactive ketones (excluding diaryl/α,β-unsaturated/α-hetero) is 1. The van der Waals surface area contributed by atoms with E-state index in [1.165, 1.54) is 0 Å². The lowest BCUT2D eigenvalue weighted by Crippen LogP contribution is -2.03. The molecule has 1 rings (SSSR count). The van der Waals surface area contributed by atoms with E-state index < -0.39 is 0 Å². The molecule has 0 atom stereocenters. The third-order valence-corrected chi connectivity index (χ3v) is 2.59. The third kappa shape index (κ3) is 3.51. The zero-order chi connectivity index (χ0) is 11.4. The Bertz CT molecular complexity index is 399. The second-order valence-corrected chi connectivity index (χ2v) is 4.53. The van der Waals surface area contributed by atoms with E-state index in [1.54, 1.807) is 12.1 Å². The number of halogens is 1. The van der Waals surface area contributed by atoms with Gasteiger partial charge in [0.25, 0.3) is 0 Å². The largest absolute Gasteiger partial charge is 0.398 e. The number of ketones is 1. The molecule has 3 heteroatoms. The number of carbonyl (C=O) groups excluding carboxylic acids is 1. The first-order valence-corrected chi connectivity index (χ1v) is 5.52. The van der Waals surface area contributed by atoms with Crippen LogP contribution in [0.4, 0.5) is 5.69 Å². The Morgan fingerprint density at radius 1 is 1.47 bits per heavy atom. The summed E-state index contributed by atoms with van der Waals surface area (Å²) in [6.07, 6.45) is 1.19. The highest BCUT2D eigenvalue weighted by molar-refractivity contribution is 9.10. The first-order valence-electron chi connectivity index (χ1n) is 4.73. The molecule has 0 radical (unpaired) electrons. The summed E-state index contributed by atoms with van der Waals surface area (Å²) in [5.41, 5.74) is 7.89. The average molecular weight is 268 g/mol. The molecule has 0 spiro atoms. The fourth-order valence-corrected chi connectivity index (χ4v) is 1.63. The van der Waals surface area contributed by atoms with Crippen molar-refractivity contribution in [1.29, 1.82) is 0 Å². The maximum atomic E-state index is 11.7. The molecule has 1 aromatic rings. The molecule has 0 aliphatic heterocycles. The smallest absolute Gasteiger partial charge is 0.165 e. The summed E-state index contributed by atoms with van der Waals surface area (Å²) >= 11 is 3.30. The highest BCUT2D eigenvalue weighted by Gasteiger charge is 2.09. The van der Waals surface area contributed by atoms with Gasteiger partial charge in [0.05, 0.1) is 0 Å². The van der Waals surface area contributed by atoms with Crippen molar-refractivity contribution in [2.45, 2.75) is 19.8 Å². The number of hydrogen-bond acceptors (Lipinski definition) is 2. The van der Waals surface area contributed by atoms with Crippen LogP contribution in [0.25, 0.3) is 0 Å². The van der Waals surface area contributed by atoms with E-state index in [-0.39, 0.29) is 5.78 Å². The Labute approximate surface area is 98.3 Å². The van der Waals surface area contributed by atoms with Crippen LogP contribution in [0.5, 0.6) is 0 Å². The lowest BCUT2D eigenvalue weighted by atomic mass is 10.0. The quantitative estimate of drug-likeness (QED) is 0.515. The van der Waals surface area contributed by atoms with Crippen LogP contribution in [-0.2, 0) is 0 Å². The predicted molar refractivity (Wildman–Crippen MR) is 66.9 cm³/mol. The molecule has 15 heavy (non-hydrogen) atoms. The molecule has 0 amide bonds. The van der Waals surface area contributed by atoms with E-state index >= 15 is 0 Å². The number of nitrogens with two attached hydrogens (primary N) is 1. The van der Waals surface area contributed by atoms with Gasteiger partial charge < -0.3 is 5.73 Å². The molecule has 0 aliphatic carbocycles. The summed E-state index contributed by atoms with van der Waals surface area (Å²) in [4.78, 5) is 11.7.